The van der Waals surface area contributed by atoms with Gasteiger partial charge in [-0.05, 0) is 0 Å². The molecular weight excluding hydrogens is 254 g/mol. The Kier molecular flexibility index (Phi) is 4.10. The molecule has 2 heterocycles. The van der Waals surface area contributed by atoms with E-state index in [1.54, 1.807) is 0 Å². The van der Waals surface area contributed by atoms with Crippen LogP contribution in [0, 0.1) is 0 Å². The molecule has 104 valence electrons. The van der Waals surface area contributed by atoms with Gasteiger partial charge in [0.25, 0.3) is 5.91 Å². The molecule has 2 aliphatic heterocycles. The molecule has 8 heteroatoms. The molecule has 0 saturated carbocycles. The molecule has 1 fully saturated rings. The molecule has 19 heavy (non-hydrogen) atoms. The van der Waals surface area contributed by atoms with Gasteiger partial charge in [0.2, 0.25) is 5.91 Å². The predicted octanol–water partition coefficient (Wildman–Crippen LogP) is -1.05. The number of nitrogens with zero attached hydrogens (tertiary/aromatic N) is 2. The summed E-state index contributed by atoms with van der Waals surface area (Å²) in [5.41, 5.74) is 2.57. The van der Waals surface area contributed by atoms with E-state index < -0.39 is 12.1 Å². The second-order valence-electron chi connectivity index (χ2n) is 4.44. The van der Waals surface area contributed by atoms with Gasteiger partial charge in [0.1, 0.15) is 5.71 Å². The monoisotopic (exact) mass is 269 g/mol. The zero-order valence-corrected chi connectivity index (χ0v) is 10.3. The van der Waals surface area contributed by atoms with Gasteiger partial charge in [-0.3, -0.25) is 14.4 Å². The van der Waals surface area contributed by atoms with Crippen LogP contribution in [0.3, 0.4) is 0 Å². The van der Waals surface area contributed by atoms with Gasteiger partial charge < -0.3 is 14.7 Å². The molecule has 0 aromatic rings. The molecule has 0 aromatic heterocycles. The number of hydrogen-bond donors (Lipinski definition) is 2. The fourth-order valence-electron chi connectivity index (χ4n) is 2.03. The number of carbonyl (C=O) groups excluding carboxylic acids is 2. The van der Waals surface area contributed by atoms with E-state index in [1.807, 2.05) is 0 Å². The molecule has 0 radical (unpaired) electrons. The van der Waals surface area contributed by atoms with E-state index >= 15 is 0 Å². The quantitative estimate of drug-likeness (QED) is 0.680. The highest BCUT2D eigenvalue weighted by molar-refractivity contribution is 6.39. The Morgan fingerprint density at radius 1 is 1.47 bits per heavy atom. The molecule has 1 unspecified atom stereocenters. The van der Waals surface area contributed by atoms with Crippen LogP contribution >= 0.6 is 0 Å². The van der Waals surface area contributed by atoms with Gasteiger partial charge in [0, 0.05) is 25.9 Å². The number of carboxylic acids is 1. The normalized spacial score (nSPS) is 23.6. The van der Waals surface area contributed by atoms with Crippen LogP contribution in [0.25, 0.3) is 0 Å². The Morgan fingerprint density at radius 2 is 2.26 bits per heavy atom. The fourth-order valence-corrected chi connectivity index (χ4v) is 2.03. The van der Waals surface area contributed by atoms with Crippen LogP contribution in [-0.2, 0) is 19.1 Å². The standard InChI is InChI=1S/C11H15N3O5/c15-9-2-1-8(12-13-9)11(18)14-3-4-19-7(6-14)5-10(16)17/h7H,1-6H2,(H,13,15)(H,16,17). The van der Waals surface area contributed by atoms with Crippen molar-refractivity contribution in [3.8, 4) is 0 Å². The number of rotatable bonds is 3. The first kappa shape index (κ1) is 13.5. The number of ether oxygens (including phenoxy) is 1. The Labute approximate surface area is 109 Å². The third kappa shape index (κ3) is 3.50. The van der Waals surface area contributed by atoms with E-state index in [4.69, 9.17) is 9.84 Å². The minimum atomic E-state index is -0.957. The summed E-state index contributed by atoms with van der Waals surface area (Å²) in [6.07, 6.45) is -0.0690. The van der Waals surface area contributed by atoms with Crippen molar-refractivity contribution in [2.75, 3.05) is 19.7 Å². The van der Waals surface area contributed by atoms with E-state index in [2.05, 4.69) is 10.5 Å². The van der Waals surface area contributed by atoms with E-state index in [-0.39, 0.29) is 31.2 Å². The predicted molar refractivity (Wildman–Crippen MR) is 63.4 cm³/mol. The third-order valence-electron chi connectivity index (χ3n) is 2.98. The maximum absolute atomic E-state index is 12.1. The molecule has 1 saturated heterocycles. The number of carbonyl (C=O) groups is 3. The van der Waals surface area contributed by atoms with Gasteiger partial charge in [-0.1, -0.05) is 0 Å². The van der Waals surface area contributed by atoms with E-state index in [9.17, 15) is 14.4 Å². The van der Waals surface area contributed by atoms with Gasteiger partial charge in [0.05, 0.1) is 19.1 Å². The zero-order chi connectivity index (χ0) is 13.8. The molecule has 2 amide bonds. The summed E-state index contributed by atoms with van der Waals surface area (Å²) >= 11 is 0. The van der Waals surface area contributed by atoms with E-state index in [1.165, 1.54) is 4.90 Å². The number of aliphatic carboxylic acids is 1. The number of nitrogens with one attached hydrogen (secondary N) is 1. The van der Waals surface area contributed by atoms with Crippen molar-refractivity contribution < 1.29 is 24.2 Å². The largest absolute Gasteiger partial charge is 0.481 e. The number of morpholine rings is 1. The molecule has 2 aliphatic rings. The molecule has 0 bridgehead atoms. The number of hydrazone groups is 1. The second kappa shape index (κ2) is 5.79. The lowest BCUT2D eigenvalue weighted by atomic mass is 10.1. The topological polar surface area (TPSA) is 108 Å². The van der Waals surface area contributed by atoms with E-state index in [0.29, 0.717) is 25.3 Å². The first-order chi connectivity index (χ1) is 9.06. The first-order valence-corrected chi connectivity index (χ1v) is 6.04. The first-order valence-electron chi connectivity index (χ1n) is 6.04. The maximum Gasteiger partial charge on any atom is 0.306 e. The lowest BCUT2D eigenvalue weighted by Gasteiger charge is -2.32. The Balaban J connectivity index is 1.95. The smallest absolute Gasteiger partial charge is 0.306 e. The van der Waals surface area contributed by atoms with Crippen LogP contribution in [0.2, 0.25) is 0 Å². The summed E-state index contributed by atoms with van der Waals surface area (Å²) in [5, 5.41) is 12.5. The van der Waals surface area contributed by atoms with Crippen molar-refractivity contribution in [2.24, 2.45) is 5.10 Å². The van der Waals surface area contributed by atoms with Gasteiger partial charge >= 0.3 is 5.97 Å². The second-order valence-corrected chi connectivity index (χ2v) is 4.44. The SMILES string of the molecule is O=C(O)CC1CN(C(=O)C2=NNC(=O)CC2)CCO1. The highest BCUT2D eigenvalue weighted by Gasteiger charge is 2.29. The van der Waals surface area contributed by atoms with Crippen LogP contribution in [-0.4, -0.2) is 59.3 Å². The average Bonchev–Trinajstić information content (AvgIpc) is 2.38. The maximum atomic E-state index is 12.1. The number of hydrogen-bond acceptors (Lipinski definition) is 5. The van der Waals surface area contributed by atoms with Crippen LogP contribution in [0.1, 0.15) is 19.3 Å². The zero-order valence-electron chi connectivity index (χ0n) is 10.3. The lowest BCUT2D eigenvalue weighted by molar-refractivity contribution is -0.145. The molecule has 2 rings (SSSR count). The minimum absolute atomic E-state index is 0.132. The highest BCUT2D eigenvalue weighted by Crippen LogP contribution is 2.11. The van der Waals surface area contributed by atoms with Gasteiger partial charge in [-0.25, -0.2) is 5.43 Å². The Morgan fingerprint density at radius 3 is 2.89 bits per heavy atom. The molecule has 0 spiro atoms. The number of amides is 2. The van der Waals surface area contributed by atoms with Crippen LogP contribution in [0.5, 0.6) is 0 Å². The molecule has 1 atom stereocenters. The van der Waals surface area contributed by atoms with Crippen LogP contribution in [0.15, 0.2) is 5.10 Å². The summed E-state index contributed by atoms with van der Waals surface area (Å²) in [6, 6.07) is 0. The lowest BCUT2D eigenvalue weighted by Crippen LogP contribution is -2.49. The van der Waals surface area contributed by atoms with Crippen molar-refractivity contribution in [3.05, 3.63) is 0 Å². The summed E-state index contributed by atoms with van der Waals surface area (Å²) < 4.78 is 5.29. The van der Waals surface area contributed by atoms with Crippen molar-refractivity contribution in [2.45, 2.75) is 25.4 Å². The van der Waals surface area contributed by atoms with E-state index in [0.717, 1.165) is 0 Å². The van der Waals surface area contributed by atoms with Crippen LogP contribution in [0.4, 0.5) is 0 Å². The van der Waals surface area contributed by atoms with Crippen molar-refractivity contribution in [1.82, 2.24) is 10.3 Å². The molecule has 8 nitrogen and oxygen atoms in total. The van der Waals surface area contributed by atoms with Crippen molar-refractivity contribution in [3.63, 3.8) is 0 Å². The summed E-state index contributed by atoms with van der Waals surface area (Å²) in [5.74, 6) is -1.43. The molecule has 0 aliphatic carbocycles. The third-order valence-corrected chi connectivity index (χ3v) is 2.98. The molecule has 2 N–H and O–H groups in total. The van der Waals surface area contributed by atoms with Gasteiger partial charge in [-0.15, -0.1) is 0 Å². The Bertz CT molecular complexity index is 434. The fraction of sp³-hybridized carbons (Fsp3) is 0.636. The average molecular weight is 269 g/mol. The summed E-state index contributed by atoms with van der Waals surface area (Å²) in [6.45, 7) is 0.948. The van der Waals surface area contributed by atoms with Gasteiger partial charge in [0.15, 0.2) is 0 Å². The molecular formula is C11H15N3O5. The van der Waals surface area contributed by atoms with Crippen molar-refractivity contribution >= 4 is 23.5 Å². The minimum Gasteiger partial charge on any atom is -0.481 e. The summed E-state index contributed by atoms with van der Waals surface area (Å²) in [4.78, 5) is 35.2. The summed E-state index contributed by atoms with van der Waals surface area (Å²) in [7, 11) is 0. The number of carboxylic acid groups (broad SMARTS) is 1. The molecule has 0 aromatic carbocycles. The van der Waals surface area contributed by atoms with Gasteiger partial charge in [-0.2, -0.15) is 5.10 Å². The highest BCUT2D eigenvalue weighted by atomic mass is 16.5. The Hall–Kier alpha value is -1.96. The van der Waals surface area contributed by atoms with Crippen LogP contribution < -0.4 is 5.43 Å². The van der Waals surface area contributed by atoms with Crippen molar-refractivity contribution in [1.29, 1.82) is 0 Å².